The summed E-state index contributed by atoms with van der Waals surface area (Å²) in [7, 11) is 1.66. The molecular weight excluding hydrogens is 272 g/mol. The fourth-order valence-electron chi connectivity index (χ4n) is 3.63. The molecule has 120 valence electrons. The Hall–Kier alpha value is -1.30. The van der Waals surface area contributed by atoms with E-state index < -0.39 is 12.0 Å². The lowest BCUT2D eigenvalue weighted by atomic mass is 9.76. The van der Waals surface area contributed by atoms with Gasteiger partial charge in [0.1, 0.15) is 6.04 Å². The highest BCUT2D eigenvalue weighted by atomic mass is 16.5. The molecule has 2 rings (SSSR count). The summed E-state index contributed by atoms with van der Waals surface area (Å²) in [6.45, 7) is 6.40. The number of piperidine rings is 1. The number of ether oxygens (including phenoxy) is 1. The summed E-state index contributed by atoms with van der Waals surface area (Å²) in [5.74, 6) is -0.541. The van der Waals surface area contributed by atoms with Crippen LogP contribution in [-0.2, 0) is 9.53 Å². The Bertz CT molecular complexity index is 410. The number of rotatable bonds is 3. The van der Waals surface area contributed by atoms with Crippen molar-refractivity contribution in [1.29, 1.82) is 0 Å². The normalized spacial score (nSPS) is 28.7. The SMILES string of the molecule is COCC1CCN(C(=O)N2CCCC(C)(C)C2C(=O)O)C1. The smallest absolute Gasteiger partial charge is 0.327 e. The minimum absolute atomic E-state index is 0.131. The van der Waals surface area contributed by atoms with Crippen molar-refractivity contribution < 1.29 is 19.4 Å². The largest absolute Gasteiger partial charge is 0.480 e. The molecule has 2 unspecified atom stereocenters. The lowest BCUT2D eigenvalue weighted by Crippen LogP contribution is -2.59. The highest BCUT2D eigenvalue weighted by Gasteiger charge is 2.46. The Morgan fingerprint density at radius 2 is 2.05 bits per heavy atom. The first-order valence-electron chi connectivity index (χ1n) is 7.64. The van der Waals surface area contributed by atoms with Crippen molar-refractivity contribution in [2.45, 2.75) is 39.2 Å². The van der Waals surface area contributed by atoms with Crippen molar-refractivity contribution >= 4 is 12.0 Å². The second-order valence-corrected chi connectivity index (χ2v) is 6.86. The van der Waals surface area contributed by atoms with Gasteiger partial charge in [-0.05, 0) is 24.7 Å². The molecule has 0 aromatic rings. The molecule has 0 spiro atoms. The number of hydrogen-bond acceptors (Lipinski definition) is 3. The van der Waals surface area contributed by atoms with E-state index in [0.29, 0.717) is 32.2 Å². The lowest BCUT2D eigenvalue weighted by Gasteiger charge is -2.45. The van der Waals surface area contributed by atoms with E-state index >= 15 is 0 Å². The number of carboxylic acids is 1. The van der Waals surface area contributed by atoms with Gasteiger partial charge in [0.05, 0.1) is 6.61 Å². The third-order valence-electron chi connectivity index (χ3n) is 4.71. The number of amides is 2. The Kier molecular flexibility index (Phi) is 4.76. The van der Waals surface area contributed by atoms with Crippen LogP contribution < -0.4 is 0 Å². The van der Waals surface area contributed by atoms with Crippen LogP contribution in [0, 0.1) is 11.3 Å². The van der Waals surface area contributed by atoms with Gasteiger partial charge in [0.2, 0.25) is 0 Å². The van der Waals surface area contributed by atoms with E-state index in [1.807, 2.05) is 13.8 Å². The Morgan fingerprint density at radius 1 is 1.33 bits per heavy atom. The molecule has 1 N–H and O–H groups in total. The van der Waals surface area contributed by atoms with Crippen LogP contribution in [0.25, 0.3) is 0 Å². The molecule has 21 heavy (non-hydrogen) atoms. The van der Waals surface area contributed by atoms with Crippen LogP contribution in [0.4, 0.5) is 4.79 Å². The van der Waals surface area contributed by atoms with Gasteiger partial charge in [0.15, 0.2) is 0 Å². The van der Waals surface area contributed by atoms with Gasteiger partial charge >= 0.3 is 12.0 Å². The topological polar surface area (TPSA) is 70.1 Å². The third kappa shape index (κ3) is 3.31. The second-order valence-electron chi connectivity index (χ2n) is 6.86. The molecule has 0 aliphatic carbocycles. The van der Waals surface area contributed by atoms with Crippen LogP contribution in [0.5, 0.6) is 0 Å². The molecule has 0 saturated carbocycles. The number of nitrogens with zero attached hydrogens (tertiary/aromatic N) is 2. The zero-order valence-corrected chi connectivity index (χ0v) is 13.2. The van der Waals surface area contributed by atoms with Crippen LogP contribution in [0.2, 0.25) is 0 Å². The number of carbonyl (C=O) groups excluding carboxylic acids is 1. The van der Waals surface area contributed by atoms with Crippen molar-refractivity contribution in [3.63, 3.8) is 0 Å². The first kappa shape index (κ1) is 16.1. The average molecular weight is 298 g/mol. The van der Waals surface area contributed by atoms with Gasteiger partial charge < -0.3 is 19.6 Å². The van der Waals surface area contributed by atoms with Crippen LogP contribution >= 0.6 is 0 Å². The minimum atomic E-state index is -0.902. The van der Waals surface area contributed by atoms with E-state index in [2.05, 4.69) is 0 Å². The summed E-state index contributed by atoms with van der Waals surface area (Å²) in [5.41, 5.74) is -0.384. The maximum absolute atomic E-state index is 12.7. The first-order valence-corrected chi connectivity index (χ1v) is 7.64. The average Bonchev–Trinajstić information content (AvgIpc) is 2.85. The molecular formula is C15H26N2O4. The monoisotopic (exact) mass is 298 g/mol. The zero-order chi connectivity index (χ0) is 15.6. The van der Waals surface area contributed by atoms with Gasteiger partial charge in [0, 0.05) is 32.7 Å². The molecule has 6 nitrogen and oxygen atoms in total. The molecule has 2 atom stereocenters. The molecule has 0 aromatic carbocycles. The van der Waals surface area contributed by atoms with E-state index in [-0.39, 0.29) is 11.4 Å². The van der Waals surface area contributed by atoms with Gasteiger partial charge in [-0.2, -0.15) is 0 Å². The standard InChI is InChI=1S/C15H26N2O4/c1-15(2)6-4-7-17(12(15)13(18)19)14(20)16-8-5-11(9-16)10-21-3/h11-12H,4-10H2,1-3H3,(H,18,19). The Labute approximate surface area is 126 Å². The molecule has 2 heterocycles. The number of methoxy groups -OCH3 is 1. The van der Waals surface area contributed by atoms with E-state index in [1.54, 1.807) is 16.9 Å². The van der Waals surface area contributed by atoms with Gasteiger partial charge in [-0.3, -0.25) is 0 Å². The van der Waals surface area contributed by atoms with Gasteiger partial charge in [-0.25, -0.2) is 9.59 Å². The van der Waals surface area contributed by atoms with Crippen molar-refractivity contribution in [3.8, 4) is 0 Å². The molecule has 0 bridgehead atoms. The number of carbonyl (C=O) groups is 2. The first-order chi connectivity index (χ1) is 9.86. The Balaban J connectivity index is 2.08. The predicted octanol–water partition coefficient (Wildman–Crippen LogP) is 1.65. The molecule has 0 radical (unpaired) electrons. The molecule has 2 fully saturated rings. The summed E-state index contributed by atoms with van der Waals surface area (Å²) >= 11 is 0. The van der Waals surface area contributed by atoms with Crippen molar-refractivity contribution in [2.24, 2.45) is 11.3 Å². The molecule has 0 aromatic heterocycles. The zero-order valence-electron chi connectivity index (χ0n) is 13.2. The highest BCUT2D eigenvalue weighted by molar-refractivity contribution is 5.83. The summed E-state index contributed by atoms with van der Waals surface area (Å²) in [6.07, 6.45) is 2.62. The van der Waals surface area contributed by atoms with Crippen molar-refractivity contribution in [1.82, 2.24) is 9.80 Å². The number of likely N-dealkylation sites (tertiary alicyclic amines) is 2. The molecule has 2 amide bonds. The second kappa shape index (κ2) is 6.22. The molecule has 2 saturated heterocycles. The van der Waals surface area contributed by atoms with E-state index in [4.69, 9.17) is 4.74 Å². The number of urea groups is 1. The molecule has 2 aliphatic rings. The lowest BCUT2D eigenvalue weighted by molar-refractivity contribution is -0.148. The van der Waals surface area contributed by atoms with Crippen LogP contribution in [0.1, 0.15) is 33.1 Å². The quantitative estimate of drug-likeness (QED) is 0.860. The van der Waals surface area contributed by atoms with Crippen molar-refractivity contribution in [3.05, 3.63) is 0 Å². The van der Waals surface area contributed by atoms with E-state index in [9.17, 15) is 14.7 Å². The number of hydrogen-bond donors (Lipinski definition) is 1. The van der Waals surface area contributed by atoms with Crippen LogP contribution in [0.3, 0.4) is 0 Å². The Morgan fingerprint density at radius 3 is 2.67 bits per heavy atom. The summed E-state index contributed by atoms with van der Waals surface area (Å²) < 4.78 is 5.15. The van der Waals surface area contributed by atoms with Crippen LogP contribution in [0.15, 0.2) is 0 Å². The summed E-state index contributed by atoms with van der Waals surface area (Å²) in [6, 6.07) is -0.867. The molecule has 2 aliphatic heterocycles. The van der Waals surface area contributed by atoms with Gasteiger partial charge in [-0.1, -0.05) is 13.8 Å². The number of carboxylic acid groups (broad SMARTS) is 1. The molecule has 6 heteroatoms. The van der Waals surface area contributed by atoms with E-state index in [0.717, 1.165) is 19.3 Å². The van der Waals surface area contributed by atoms with Gasteiger partial charge in [-0.15, -0.1) is 0 Å². The van der Waals surface area contributed by atoms with E-state index in [1.165, 1.54) is 0 Å². The van der Waals surface area contributed by atoms with Gasteiger partial charge in [0.25, 0.3) is 0 Å². The van der Waals surface area contributed by atoms with Crippen molar-refractivity contribution in [2.75, 3.05) is 33.4 Å². The third-order valence-corrected chi connectivity index (χ3v) is 4.71. The van der Waals surface area contributed by atoms with Crippen LogP contribution in [-0.4, -0.2) is 66.3 Å². The fraction of sp³-hybridized carbons (Fsp3) is 0.867. The minimum Gasteiger partial charge on any atom is -0.480 e. The fourth-order valence-corrected chi connectivity index (χ4v) is 3.63. The number of aliphatic carboxylic acids is 1. The predicted molar refractivity (Wildman–Crippen MR) is 78.1 cm³/mol. The maximum atomic E-state index is 12.7. The maximum Gasteiger partial charge on any atom is 0.327 e. The summed E-state index contributed by atoms with van der Waals surface area (Å²) in [5, 5.41) is 9.54. The summed E-state index contributed by atoms with van der Waals surface area (Å²) in [4.78, 5) is 27.7. The highest BCUT2D eigenvalue weighted by Crippen LogP contribution is 2.36.